The second-order valence-electron chi connectivity index (χ2n) is 2.89. The van der Waals surface area contributed by atoms with Crippen molar-refractivity contribution < 1.29 is 14.3 Å². The third-order valence-corrected chi connectivity index (χ3v) is 1.88. The lowest BCUT2D eigenvalue weighted by Crippen LogP contribution is -2.24. The van der Waals surface area contributed by atoms with Gasteiger partial charge >= 0.3 is 6.09 Å². The summed E-state index contributed by atoms with van der Waals surface area (Å²) in [6.07, 6.45) is 0.292. The van der Waals surface area contributed by atoms with Crippen LogP contribution < -0.4 is 5.32 Å². The Morgan fingerprint density at radius 3 is 2.87 bits per heavy atom. The monoisotopic (exact) mass is 207 g/mol. The van der Waals surface area contributed by atoms with E-state index in [9.17, 15) is 9.59 Å². The van der Waals surface area contributed by atoms with Crippen molar-refractivity contribution in [2.24, 2.45) is 0 Å². The fourth-order valence-corrected chi connectivity index (χ4v) is 1.16. The number of hydrogen-bond acceptors (Lipinski definition) is 3. The first-order chi connectivity index (χ1) is 7.27. The molecule has 0 bridgehead atoms. The lowest BCUT2D eigenvalue weighted by molar-refractivity contribution is 0.112. The zero-order valence-electron chi connectivity index (χ0n) is 8.53. The summed E-state index contributed by atoms with van der Waals surface area (Å²) in [6.45, 7) is 2.37. The molecule has 0 fully saturated rings. The molecule has 1 amide bonds. The lowest BCUT2D eigenvalue weighted by Gasteiger charge is -2.06. The van der Waals surface area contributed by atoms with E-state index in [4.69, 9.17) is 4.74 Å². The Bertz CT molecular complexity index is 349. The van der Waals surface area contributed by atoms with Crippen LogP contribution in [0.15, 0.2) is 24.3 Å². The van der Waals surface area contributed by atoms with Crippen molar-refractivity contribution in [2.45, 2.75) is 13.5 Å². The van der Waals surface area contributed by atoms with Crippen LogP contribution in [0.5, 0.6) is 0 Å². The molecule has 1 aromatic carbocycles. The van der Waals surface area contributed by atoms with Crippen LogP contribution >= 0.6 is 0 Å². The van der Waals surface area contributed by atoms with Crippen LogP contribution in [0.4, 0.5) is 4.79 Å². The second kappa shape index (κ2) is 5.80. The number of hydrogen-bond donors (Lipinski definition) is 1. The van der Waals surface area contributed by atoms with Crippen molar-refractivity contribution in [3.8, 4) is 0 Å². The molecule has 1 rings (SSSR count). The highest BCUT2D eigenvalue weighted by molar-refractivity contribution is 5.77. The van der Waals surface area contributed by atoms with Gasteiger partial charge in [-0.25, -0.2) is 4.79 Å². The van der Waals surface area contributed by atoms with Crippen LogP contribution in [0, 0.1) is 0 Å². The Labute approximate surface area is 88.2 Å². The maximum Gasteiger partial charge on any atom is 0.407 e. The van der Waals surface area contributed by atoms with Crippen molar-refractivity contribution in [3.63, 3.8) is 0 Å². The Hall–Kier alpha value is -1.84. The molecular weight excluding hydrogens is 194 g/mol. The van der Waals surface area contributed by atoms with Gasteiger partial charge in [-0.15, -0.1) is 0 Å². The molecule has 4 nitrogen and oxygen atoms in total. The highest BCUT2D eigenvalue weighted by Gasteiger charge is 2.03. The normalized spacial score (nSPS) is 9.40. The first-order valence-corrected chi connectivity index (χ1v) is 4.71. The molecule has 80 valence electrons. The summed E-state index contributed by atoms with van der Waals surface area (Å²) in [6, 6.07) is 7.08. The molecule has 0 heterocycles. The Morgan fingerprint density at radius 1 is 1.47 bits per heavy atom. The molecule has 0 aliphatic rings. The third kappa shape index (κ3) is 3.42. The molecule has 0 saturated carbocycles. The summed E-state index contributed by atoms with van der Waals surface area (Å²) in [4.78, 5) is 21.6. The number of amides is 1. The standard InChI is InChI=1S/C11H13NO3/c1-2-15-11(14)12-7-9-5-3-4-6-10(9)8-13/h3-6,8H,2,7H2,1H3,(H,12,14). The molecule has 0 atom stereocenters. The van der Waals surface area contributed by atoms with Gasteiger partial charge < -0.3 is 10.1 Å². The summed E-state index contributed by atoms with van der Waals surface area (Å²) < 4.78 is 4.70. The van der Waals surface area contributed by atoms with Gasteiger partial charge in [0.2, 0.25) is 0 Å². The molecule has 4 heteroatoms. The molecular formula is C11H13NO3. The predicted molar refractivity (Wildman–Crippen MR) is 55.7 cm³/mol. The van der Waals surface area contributed by atoms with E-state index in [-0.39, 0.29) is 0 Å². The lowest BCUT2D eigenvalue weighted by atomic mass is 10.1. The molecule has 15 heavy (non-hydrogen) atoms. The van der Waals surface area contributed by atoms with Crippen LogP contribution in [0.3, 0.4) is 0 Å². The molecule has 0 unspecified atom stereocenters. The van der Waals surface area contributed by atoms with Gasteiger partial charge in [-0.05, 0) is 12.5 Å². The largest absolute Gasteiger partial charge is 0.450 e. The molecule has 0 aromatic heterocycles. The van der Waals surface area contributed by atoms with E-state index in [2.05, 4.69) is 5.32 Å². The van der Waals surface area contributed by atoms with E-state index in [1.165, 1.54) is 0 Å². The van der Waals surface area contributed by atoms with Gasteiger partial charge in [0.05, 0.1) is 6.61 Å². The van der Waals surface area contributed by atoms with E-state index in [0.29, 0.717) is 18.7 Å². The summed E-state index contributed by atoms with van der Waals surface area (Å²) >= 11 is 0. The molecule has 1 N–H and O–H groups in total. The summed E-state index contributed by atoms with van der Waals surface area (Å²) in [5.74, 6) is 0. The van der Waals surface area contributed by atoms with Gasteiger partial charge in [-0.2, -0.15) is 0 Å². The average molecular weight is 207 g/mol. The fourth-order valence-electron chi connectivity index (χ4n) is 1.16. The van der Waals surface area contributed by atoms with Gasteiger partial charge in [0.1, 0.15) is 6.29 Å². The zero-order valence-corrected chi connectivity index (χ0v) is 8.53. The highest BCUT2D eigenvalue weighted by Crippen LogP contribution is 2.05. The summed E-state index contributed by atoms with van der Waals surface area (Å²) in [5, 5.41) is 2.55. The van der Waals surface area contributed by atoms with Crippen LogP contribution in [0.1, 0.15) is 22.8 Å². The molecule has 0 saturated heterocycles. The number of benzene rings is 1. The van der Waals surface area contributed by atoms with Gasteiger partial charge in [-0.1, -0.05) is 24.3 Å². The van der Waals surface area contributed by atoms with Crippen LogP contribution in [0.2, 0.25) is 0 Å². The number of alkyl carbamates (subject to hydrolysis) is 1. The minimum absolute atomic E-state index is 0.299. The fraction of sp³-hybridized carbons (Fsp3) is 0.273. The maximum atomic E-state index is 11.0. The number of aldehydes is 1. The van der Waals surface area contributed by atoms with E-state index in [1.54, 1.807) is 25.1 Å². The van der Waals surface area contributed by atoms with E-state index in [0.717, 1.165) is 11.8 Å². The van der Waals surface area contributed by atoms with Crippen LogP contribution in [-0.4, -0.2) is 19.0 Å². The number of rotatable bonds is 4. The molecule has 0 spiro atoms. The van der Waals surface area contributed by atoms with E-state index in [1.807, 2.05) is 6.07 Å². The first kappa shape index (κ1) is 11.2. The van der Waals surface area contributed by atoms with E-state index < -0.39 is 6.09 Å². The second-order valence-corrected chi connectivity index (χ2v) is 2.89. The molecule has 0 radical (unpaired) electrons. The first-order valence-electron chi connectivity index (χ1n) is 4.71. The van der Waals surface area contributed by atoms with Gasteiger partial charge in [0.25, 0.3) is 0 Å². The average Bonchev–Trinajstić information content (AvgIpc) is 2.27. The van der Waals surface area contributed by atoms with Crippen molar-refractivity contribution >= 4 is 12.4 Å². The van der Waals surface area contributed by atoms with Gasteiger partial charge in [-0.3, -0.25) is 4.79 Å². The van der Waals surface area contributed by atoms with Gasteiger partial charge in [0, 0.05) is 12.1 Å². The number of carbonyl (C=O) groups is 2. The Kier molecular flexibility index (Phi) is 4.34. The third-order valence-electron chi connectivity index (χ3n) is 1.88. The zero-order chi connectivity index (χ0) is 11.1. The smallest absolute Gasteiger partial charge is 0.407 e. The quantitative estimate of drug-likeness (QED) is 0.765. The van der Waals surface area contributed by atoms with Crippen molar-refractivity contribution in [3.05, 3.63) is 35.4 Å². The summed E-state index contributed by atoms with van der Waals surface area (Å²) in [7, 11) is 0. The summed E-state index contributed by atoms with van der Waals surface area (Å²) in [5.41, 5.74) is 1.36. The predicted octanol–water partition coefficient (Wildman–Crippen LogP) is 1.75. The van der Waals surface area contributed by atoms with E-state index >= 15 is 0 Å². The Balaban J connectivity index is 2.57. The van der Waals surface area contributed by atoms with Gasteiger partial charge in [0.15, 0.2) is 0 Å². The van der Waals surface area contributed by atoms with Crippen LogP contribution in [0.25, 0.3) is 0 Å². The topological polar surface area (TPSA) is 55.4 Å². The minimum Gasteiger partial charge on any atom is -0.450 e. The van der Waals surface area contributed by atoms with Crippen molar-refractivity contribution in [2.75, 3.05) is 6.61 Å². The number of nitrogens with one attached hydrogen (secondary N) is 1. The molecule has 0 aliphatic heterocycles. The molecule has 1 aromatic rings. The Morgan fingerprint density at radius 2 is 2.20 bits per heavy atom. The van der Waals surface area contributed by atoms with Crippen molar-refractivity contribution in [1.82, 2.24) is 5.32 Å². The minimum atomic E-state index is -0.474. The highest BCUT2D eigenvalue weighted by atomic mass is 16.5. The number of ether oxygens (including phenoxy) is 1. The SMILES string of the molecule is CCOC(=O)NCc1ccccc1C=O. The maximum absolute atomic E-state index is 11.0. The van der Waals surface area contributed by atoms with Crippen LogP contribution in [-0.2, 0) is 11.3 Å². The number of carbonyl (C=O) groups excluding carboxylic acids is 2. The molecule has 0 aliphatic carbocycles. The van der Waals surface area contributed by atoms with Crippen molar-refractivity contribution in [1.29, 1.82) is 0 Å².